The van der Waals surface area contributed by atoms with E-state index in [1.807, 2.05) is 13.0 Å². The number of nitrogens with one attached hydrogen (secondary N) is 1. The van der Waals surface area contributed by atoms with E-state index < -0.39 is 5.97 Å². The van der Waals surface area contributed by atoms with E-state index in [4.69, 9.17) is 4.74 Å². The van der Waals surface area contributed by atoms with Crippen molar-refractivity contribution in [3.05, 3.63) is 21.9 Å². The normalized spacial score (nSPS) is 25.4. The molecular formula is C16H23NO3S. The Hall–Kier alpha value is -1.36. The molecule has 0 aliphatic heterocycles. The smallest absolute Gasteiger partial charge is 0.348 e. The predicted octanol–water partition coefficient (Wildman–Crippen LogP) is 3.15. The molecule has 116 valence electrons. The third-order valence-corrected chi connectivity index (χ3v) is 5.31. The molecule has 1 fully saturated rings. The van der Waals surface area contributed by atoms with Gasteiger partial charge in [-0.2, -0.15) is 0 Å². The molecule has 1 aliphatic carbocycles. The van der Waals surface area contributed by atoms with E-state index in [0.29, 0.717) is 16.7 Å². The molecule has 3 atom stereocenters. The molecule has 0 bridgehead atoms. The SMILES string of the molecule is Cc1ccc(C(=O)OCC(=O)N[C@@H]2CCC[C@H](C)[C@H]2C)s1. The molecule has 2 rings (SSSR count). The van der Waals surface area contributed by atoms with Gasteiger partial charge in [0.2, 0.25) is 0 Å². The molecule has 1 N–H and O–H groups in total. The molecule has 5 heteroatoms. The van der Waals surface area contributed by atoms with E-state index in [0.717, 1.165) is 17.7 Å². The molecule has 0 unspecified atom stereocenters. The molecule has 1 saturated carbocycles. The van der Waals surface area contributed by atoms with Crippen LogP contribution in [-0.4, -0.2) is 24.5 Å². The molecule has 1 aliphatic rings. The van der Waals surface area contributed by atoms with Crippen molar-refractivity contribution in [3.63, 3.8) is 0 Å². The second kappa shape index (κ2) is 7.07. The number of rotatable bonds is 4. The predicted molar refractivity (Wildman–Crippen MR) is 83.4 cm³/mol. The first-order chi connectivity index (χ1) is 9.97. The summed E-state index contributed by atoms with van der Waals surface area (Å²) in [5.74, 6) is 0.468. The van der Waals surface area contributed by atoms with Crippen LogP contribution in [0.5, 0.6) is 0 Å². The van der Waals surface area contributed by atoms with Crippen molar-refractivity contribution < 1.29 is 14.3 Å². The highest BCUT2D eigenvalue weighted by atomic mass is 32.1. The summed E-state index contributed by atoms with van der Waals surface area (Å²) in [6.07, 6.45) is 3.38. The minimum absolute atomic E-state index is 0.198. The largest absolute Gasteiger partial charge is 0.451 e. The number of carbonyl (C=O) groups is 2. The molecule has 1 aromatic rings. The second-order valence-electron chi connectivity index (χ2n) is 5.93. The summed E-state index contributed by atoms with van der Waals surface area (Å²) in [6.45, 7) is 6.13. The molecule has 4 nitrogen and oxygen atoms in total. The van der Waals surface area contributed by atoms with Crippen molar-refractivity contribution >= 4 is 23.2 Å². The van der Waals surface area contributed by atoms with Crippen LogP contribution in [0.3, 0.4) is 0 Å². The number of hydrogen-bond acceptors (Lipinski definition) is 4. The maximum Gasteiger partial charge on any atom is 0.348 e. The zero-order valence-electron chi connectivity index (χ0n) is 12.8. The van der Waals surface area contributed by atoms with Gasteiger partial charge in [-0.1, -0.05) is 26.7 Å². The number of hydrogen-bond donors (Lipinski definition) is 1. The first-order valence-electron chi connectivity index (χ1n) is 7.50. The van der Waals surface area contributed by atoms with Crippen molar-refractivity contribution in [3.8, 4) is 0 Å². The van der Waals surface area contributed by atoms with E-state index >= 15 is 0 Å². The molecule has 0 aromatic carbocycles. The summed E-state index contributed by atoms with van der Waals surface area (Å²) >= 11 is 1.38. The highest BCUT2D eigenvalue weighted by molar-refractivity contribution is 7.13. The van der Waals surface area contributed by atoms with Gasteiger partial charge in [0.1, 0.15) is 4.88 Å². The summed E-state index contributed by atoms with van der Waals surface area (Å²) < 4.78 is 5.07. The van der Waals surface area contributed by atoms with Gasteiger partial charge in [0.15, 0.2) is 6.61 Å². The molecule has 0 radical (unpaired) electrons. The Balaban J connectivity index is 1.78. The summed E-state index contributed by atoms with van der Waals surface area (Å²) in [7, 11) is 0. The average Bonchev–Trinajstić information content (AvgIpc) is 2.88. The maximum atomic E-state index is 11.9. The fourth-order valence-corrected chi connectivity index (χ4v) is 3.54. The Morgan fingerprint density at radius 2 is 2.10 bits per heavy atom. The van der Waals surface area contributed by atoms with Crippen LogP contribution in [0.15, 0.2) is 12.1 Å². The van der Waals surface area contributed by atoms with Crippen molar-refractivity contribution in [2.45, 2.75) is 46.1 Å². The van der Waals surface area contributed by atoms with Crippen LogP contribution in [0.2, 0.25) is 0 Å². The topological polar surface area (TPSA) is 55.4 Å². The van der Waals surface area contributed by atoms with Gasteiger partial charge in [0, 0.05) is 10.9 Å². The van der Waals surface area contributed by atoms with E-state index in [1.165, 1.54) is 17.8 Å². The van der Waals surface area contributed by atoms with Gasteiger partial charge >= 0.3 is 5.97 Å². The molecule has 1 heterocycles. The summed E-state index contributed by atoms with van der Waals surface area (Å²) in [6, 6.07) is 3.79. The van der Waals surface area contributed by atoms with Crippen LogP contribution in [0.4, 0.5) is 0 Å². The third-order valence-electron chi connectivity index (χ3n) is 4.33. The zero-order valence-corrected chi connectivity index (χ0v) is 13.7. The van der Waals surface area contributed by atoms with Crippen LogP contribution < -0.4 is 5.32 Å². The number of ether oxygens (including phenoxy) is 1. The van der Waals surface area contributed by atoms with Crippen molar-refractivity contribution in [1.29, 1.82) is 0 Å². The quantitative estimate of drug-likeness (QED) is 0.869. The Bertz CT molecular complexity index is 511. The Labute approximate surface area is 129 Å². The number of esters is 1. The van der Waals surface area contributed by atoms with Crippen molar-refractivity contribution in [2.75, 3.05) is 6.61 Å². The van der Waals surface area contributed by atoms with Gasteiger partial charge in [-0.05, 0) is 37.3 Å². The van der Waals surface area contributed by atoms with Crippen molar-refractivity contribution in [2.24, 2.45) is 11.8 Å². The van der Waals surface area contributed by atoms with E-state index in [-0.39, 0.29) is 18.6 Å². The van der Waals surface area contributed by atoms with Crippen molar-refractivity contribution in [1.82, 2.24) is 5.32 Å². The van der Waals surface area contributed by atoms with Gasteiger partial charge in [-0.15, -0.1) is 11.3 Å². The van der Waals surface area contributed by atoms with Crippen LogP contribution in [0.1, 0.15) is 47.7 Å². The maximum absolute atomic E-state index is 11.9. The lowest BCUT2D eigenvalue weighted by Crippen LogP contribution is -2.45. The minimum Gasteiger partial charge on any atom is -0.451 e. The first-order valence-corrected chi connectivity index (χ1v) is 8.32. The summed E-state index contributed by atoms with van der Waals surface area (Å²) in [5, 5.41) is 3.00. The number of thiophene rings is 1. The third kappa shape index (κ3) is 4.30. The van der Waals surface area contributed by atoms with Gasteiger partial charge in [-0.3, -0.25) is 4.79 Å². The molecule has 0 spiro atoms. The molecule has 0 saturated heterocycles. The Morgan fingerprint density at radius 3 is 2.76 bits per heavy atom. The number of carbonyl (C=O) groups excluding carboxylic acids is 2. The monoisotopic (exact) mass is 309 g/mol. The Kier molecular flexibility index (Phi) is 5.39. The first kappa shape index (κ1) is 16.0. The van der Waals surface area contributed by atoms with Crippen LogP contribution in [0, 0.1) is 18.8 Å². The van der Waals surface area contributed by atoms with E-state index in [1.54, 1.807) is 6.07 Å². The van der Waals surface area contributed by atoms with Gasteiger partial charge < -0.3 is 10.1 Å². The van der Waals surface area contributed by atoms with E-state index in [9.17, 15) is 9.59 Å². The standard InChI is InChI=1S/C16H23NO3S/c1-10-5-4-6-13(12(10)3)17-15(18)9-20-16(19)14-8-7-11(2)21-14/h7-8,10,12-13H,4-6,9H2,1-3H3,(H,17,18)/t10-,12+,13+/m0/s1. The summed E-state index contributed by atoms with van der Waals surface area (Å²) in [5.41, 5.74) is 0. The second-order valence-corrected chi connectivity index (χ2v) is 7.22. The van der Waals surface area contributed by atoms with E-state index in [2.05, 4.69) is 19.2 Å². The minimum atomic E-state index is -0.423. The molecule has 1 amide bonds. The molecular weight excluding hydrogens is 286 g/mol. The number of aryl methyl sites for hydroxylation is 1. The van der Waals surface area contributed by atoms with Crippen LogP contribution >= 0.6 is 11.3 Å². The summed E-state index contributed by atoms with van der Waals surface area (Å²) in [4.78, 5) is 25.3. The van der Waals surface area contributed by atoms with Gasteiger partial charge in [0.25, 0.3) is 5.91 Å². The highest BCUT2D eigenvalue weighted by Crippen LogP contribution is 2.29. The molecule has 1 aromatic heterocycles. The average molecular weight is 309 g/mol. The van der Waals surface area contributed by atoms with Gasteiger partial charge in [-0.25, -0.2) is 4.79 Å². The Morgan fingerprint density at radius 1 is 1.33 bits per heavy atom. The lowest BCUT2D eigenvalue weighted by molar-refractivity contribution is -0.125. The number of amides is 1. The fourth-order valence-electron chi connectivity index (χ4n) is 2.78. The lowest BCUT2D eigenvalue weighted by atomic mass is 9.78. The van der Waals surface area contributed by atoms with Gasteiger partial charge in [0.05, 0.1) is 0 Å². The fraction of sp³-hybridized carbons (Fsp3) is 0.625. The zero-order chi connectivity index (χ0) is 15.4. The highest BCUT2D eigenvalue weighted by Gasteiger charge is 2.28. The lowest BCUT2D eigenvalue weighted by Gasteiger charge is -2.34. The van der Waals surface area contributed by atoms with Crippen LogP contribution in [0.25, 0.3) is 0 Å². The van der Waals surface area contributed by atoms with Crippen LogP contribution in [-0.2, 0) is 9.53 Å². The molecule has 21 heavy (non-hydrogen) atoms.